The Morgan fingerprint density at radius 2 is 1.67 bits per heavy atom. The Morgan fingerprint density at radius 3 is 2.33 bits per heavy atom. The molecule has 0 radical (unpaired) electrons. The maximum atomic E-state index is 9.78. The fourth-order valence-electron chi connectivity index (χ4n) is 3.37. The van der Waals surface area contributed by atoms with E-state index in [2.05, 4.69) is 54.3 Å². The molecule has 0 bridgehead atoms. The molecular formula is C23H21N3O. The van der Waals surface area contributed by atoms with Gasteiger partial charge in [0.15, 0.2) is 0 Å². The van der Waals surface area contributed by atoms with E-state index in [0.717, 1.165) is 41.3 Å². The van der Waals surface area contributed by atoms with Crippen LogP contribution >= 0.6 is 0 Å². The van der Waals surface area contributed by atoms with Gasteiger partial charge in [-0.25, -0.2) is 4.98 Å². The first-order valence-corrected chi connectivity index (χ1v) is 9.16. The molecule has 4 rings (SSSR count). The number of morpholine rings is 1. The molecule has 0 spiro atoms. The molecule has 0 atom stereocenters. The predicted octanol–water partition coefficient (Wildman–Crippen LogP) is 4.43. The Kier molecular flexibility index (Phi) is 4.86. The minimum Gasteiger partial charge on any atom is -0.378 e. The normalized spacial score (nSPS) is 14.0. The largest absolute Gasteiger partial charge is 0.378 e. The Bertz CT molecular complexity index is 969. The van der Waals surface area contributed by atoms with Crippen molar-refractivity contribution in [3.63, 3.8) is 0 Å². The summed E-state index contributed by atoms with van der Waals surface area (Å²) in [6.07, 6.45) is 0. The van der Waals surface area contributed by atoms with Gasteiger partial charge in [0, 0.05) is 24.2 Å². The lowest BCUT2D eigenvalue weighted by atomic mass is 9.97. The second kappa shape index (κ2) is 7.61. The number of rotatable bonds is 3. The minimum absolute atomic E-state index is 0.604. The zero-order valence-corrected chi connectivity index (χ0v) is 15.4. The first-order chi connectivity index (χ1) is 13.3. The van der Waals surface area contributed by atoms with Crippen LogP contribution in [0.2, 0.25) is 0 Å². The van der Waals surface area contributed by atoms with Crippen LogP contribution in [0.25, 0.3) is 22.4 Å². The third-order valence-corrected chi connectivity index (χ3v) is 4.84. The molecule has 134 valence electrons. The van der Waals surface area contributed by atoms with Gasteiger partial charge in [-0.05, 0) is 18.6 Å². The molecule has 0 N–H and O–H groups in total. The first kappa shape index (κ1) is 17.3. The Labute approximate surface area is 159 Å². The lowest BCUT2D eigenvalue weighted by molar-refractivity contribution is 0.122. The average molecular weight is 355 g/mol. The summed E-state index contributed by atoms with van der Waals surface area (Å²) in [5.41, 5.74) is 5.81. The summed E-state index contributed by atoms with van der Waals surface area (Å²) >= 11 is 0. The van der Waals surface area contributed by atoms with Crippen molar-refractivity contribution < 1.29 is 4.74 Å². The summed E-state index contributed by atoms with van der Waals surface area (Å²) in [6, 6.07) is 22.9. The van der Waals surface area contributed by atoms with Gasteiger partial charge in [0.05, 0.1) is 24.5 Å². The molecule has 0 saturated carbocycles. The van der Waals surface area contributed by atoms with Crippen molar-refractivity contribution in [2.45, 2.75) is 6.92 Å². The molecular weight excluding hydrogens is 334 g/mol. The van der Waals surface area contributed by atoms with Gasteiger partial charge in [0.25, 0.3) is 0 Å². The maximum absolute atomic E-state index is 9.78. The second-order valence-electron chi connectivity index (χ2n) is 6.70. The van der Waals surface area contributed by atoms with Gasteiger partial charge < -0.3 is 9.64 Å². The highest BCUT2D eigenvalue weighted by molar-refractivity contribution is 5.84. The summed E-state index contributed by atoms with van der Waals surface area (Å²) in [5, 5.41) is 9.78. The average Bonchev–Trinajstić information content (AvgIpc) is 2.74. The highest BCUT2D eigenvalue weighted by atomic mass is 16.5. The quantitative estimate of drug-likeness (QED) is 0.697. The summed E-state index contributed by atoms with van der Waals surface area (Å²) in [5.74, 6) is 0.746. The number of anilines is 1. The predicted molar refractivity (Wildman–Crippen MR) is 108 cm³/mol. The van der Waals surface area contributed by atoms with Gasteiger partial charge in [-0.1, -0.05) is 60.2 Å². The zero-order valence-electron chi connectivity index (χ0n) is 15.4. The summed E-state index contributed by atoms with van der Waals surface area (Å²) in [4.78, 5) is 7.13. The van der Waals surface area contributed by atoms with E-state index in [9.17, 15) is 5.26 Å². The van der Waals surface area contributed by atoms with Crippen molar-refractivity contribution in [2.75, 3.05) is 31.2 Å². The van der Waals surface area contributed by atoms with Crippen LogP contribution in [-0.4, -0.2) is 31.3 Å². The number of aromatic nitrogens is 1. The third kappa shape index (κ3) is 3.55. The molecule has 4 nitrogen and oxygen atoms in total. The molecule has 3 aromatic rings. The van der Waals surface area contributed by atoms with Gasteiger partial charge in [0.1, 0.15) is 11.9 Å². The van der Waals surface area contributed by atoms with Crippen LogP contribution in [0, 0.1) is 18.3 Å². The molecule has 0 aliphatic carbocycles. The van der Waals surface area contributed by atoms with Gasteiger partial charge in [-0.3, -0.25) is 0 Å². The smallest absolute Gasteiger partial charge is 0.147 e. The highest BCUT2D eigenvalue weighted by Crippen LogP contribution is 2.35. The number of nitriles is 1. The van der Waals surface area contributed by atoms with Crippen LogP contribution in [0.4, 0.5) is 5.82 Å². The number of pyridine rings is 1. The number of aryl methyl sites for hydroxylation is 1. The molecule has 1 aliphatic heterocycles. The zero-order chi connectivity index (χ0) is 18.6. The van der Waals surface area contributed by atoms with Crippen molar-refractivity contribution in [1.29, 1.82) is 5.26 Å². The number of hydrogen-bond acceptors (Lipinski definition) is 4. The van der Waals surface area contributed by atoms with Crippen molar-refractivity contribution in [3.8, 4) is 28.5 Å². The molecule has 1 saturated heterocycles. The molecule has 4 heteroatoms. The van der Waals surface area contributed by atoms with Crippen LogP contribution in [0.5, 0.6) is 0 Å². The monoisotopic (exact) mass is 355 g/mol. The Morgan fingerprint density at radius 1 is 0.963 bits per heavy atom. The number of ether oxygens (including phenoxy) is 1. The van der Waals surface area contributed by atoms with Crippen LogP contribution in [0.3, 0.4) is 0 Å². The van der Waals surface area contributed by atoms with Crippen LogP contribution in [0.1, 0.15) is 11.1 Å². The minimum atomic E-state index is 0.604. The SMILES string of the molecule is Cc1ccc(-c2cc(C#N)c(N3CCOCC3)nc2-c2ccccc2)cc1. The van der Waals surface area contributed by atoms with E-state index in [4.69, 9.17) is 9.72 Å². The van der Waals surface area contributed by atoms with Crippen LogP contribution < -0.4 is 4.90 Å². The molecule has 0 amide bonds. The molecule has 1 aliphatic rings. The summed E-state index contributed by atoms with van der Waals surface area (Å²) in [7, 11) is 0. The molecule has 1 aromatic heterocycles. The molecule has 0 unspecified atom stereocenters. The van der Waals surface area contributed by atoms with Crippen molar-refractivity contribution >= 4 is 5.82 Å². The van der Waals surface area contributed by atoms with Gasteiger partial charge in [-0.15, -0.1) is 0 Å². The van der Waals surface area contributed by atoms with E-state index in [1.165, 1.54) is 5.56 Å². The second-order valence-corrected chi connectivity index (χ2v) is 6.70. The standard InChI is InChI=1S/C23H21N3O/c1-17-7-9-18(10-8-17)21-15-20(16-24)23(26-11-13-27-14-12-26)25-22(21)19-5-3-2-4-6-19/h2-10,15H,11-14H2,1H3. The molecule has 27 heavy (non-hydrogen) atoms. The van der Waals surface area contributed by atoms with Crippen LogP contribution in [0.15, 0.2) is 60.7 Å². The summed E-state index contributed by atoms with van der Waals surface area (Å²) in [6.45, 7) is 4.89. The summed E-state index contributed by atoms with van der Waals surface area (Å²) < 4.78 is 5.46. The topological polar surface area (TPSA) is 49.2 Å². The van der Waals surface area contributed by atoms with E-state index in [1.54, 1.807) is 0 Å². The number of benzene rings is 2. The van der Waals surface area contributed by atoms with E-state index >= 15 is 0 Å². The highest BCUT2D eigenvalue weighted by Gasteiger charge is 2.20. The van der Waals surface area contributed by atoms with E-state index in [-0.39, 0.29) is 0 Å². The number of hydrogen-bond donors (Lipinski definition) is 0. The molecule has 2 heterocycles. The van der Waals surface area contributed by atoms with Gasteiger partial charge in [0.2, 0.25) is 0 Å². The fraction of sp³-hybridized carbons (Fsp3) is 0.217. The van der Waals surface area contributed by atoms with Crippen LogP contribution in [-0.2, 0) is 4.74 Å². The fourth-order valence-corrected chi connectivity index (χ4v) is 3.37. The van der Waals surface area contributed by atoms with E-state index in [1.807, 2.05) is 24.3 Å². The van der Waals surface area contributed by atoms with Gasteiger partial charge in [-0.2, -0.15) is 5.26 Å². The van der Waals surface area contributed by atoms with Crippen molar-refractivity contribution in [2.24, 2.45) is 0 Å². The van der Waals surface area contributed by atoms with E-state index in [0.29, 0.717) is 18.8 Å². The lowest BCUT2D eigenvalue weighted by Gasteiger charge is -2.29. The van der Waals surface area contributed by atoms with Gasteiger partial charge >= 0.3 is 0 Å². The Hall–Kier alpha value is -3.16. The van der Waals surface area contributed by atoms with Crippen molar-refractivity contribution in [3.05, 3.63) is 71.8 Å². The van der Waals surface area contributed by atoms with E-state index < -0.39 is 0 Å². The van der Waals surface area contributed by atoms with Crippen molar-refractivity contribution in [1.82, 2.24) is 4.98 Å². The lowest BCUT2D eigenvalue weighted by Crippen LogP contribution is -2.37. The molecule has 1 fully saturated rings. The number of nitrogens with zero attached hydrogens (tertiary/aromatic N) is 3. The molecule has 2 aromatic carbocycles. The Balaban J connectivity index is 1.92. The third-order valence-electron chi connectivity index (χ3n) is 4.84. The maximum Gasteiger partial charge on any atom is 0.147 e. The first-order valence-electron chi connectivity index (χ1n) is 9.16.